The molecule has 108 valence electrons. The standard InChI is InChI=1S/C16H24N4/c1-3-4-13-5-7-14(8-6-13)19-16-10-12(2)9-15-17-11-18-20(15)16/h9-11,13-14,19H,3-8H2,1-2H3. The third-order valence-electron chi connectivity index (χ3n) is 4.42. The van der Waals surface area contributed by atoms with Crippen LogP contribution in [0.25, 0.3) is 5.65 Å². The van der Waals surface area contributed by atoms with Crippen molar-refractivity contribution >= 4 is 11.5 Å². The molecule has 0 aliphatic heterocycles. The Morgan fingerprint density at radius 3 is 2.80 bits per heavy atom. The lowest BCUT2D eigenvalue weighted by molar-refractivity contribution is 0.318. The summed E-state index contributed by atoms with van der Waals surface area (Å²) in [4.78, 5) is 4.28. The highest BCUT2D eigenvalue weighted by molar-refractivity contribution is 5.51. The van der Waals surface area contributed by atoms with Crippen molar-refractivity contribution in [2.75, 3.05) is 5.32 Å². The summed E-state index contributed by atoms with van der Waals surface area (Å²) in [6.45, 7) is 4.40. The van der Waals surface area contributed by atoms with Crippen LogP contribution in [0.5, 0.6) is 0 Å². The summed E-state index contributed by atoms with van der Waals surface area (Å²) in [6, 6.07) is 4.81. The molecule has 0 bridgehead atoms. The second kappa shape index (κ2) is 5.81. The van der Waals surface area contributed by atoms with Crippen LogP contribution < -0.4 is 5.32 Å². The Balaban J connectivity index is 1.69. The largest absolute Gasteiger partial charge is 0.367 e. The van der Waals surface area contributed by atoms with Crippen molar-refractivity contribution in [2.24, 2.45) is 5.92 Å². The van der Waals surface area contributed by atoms with E-state index in [1.807, 2.05) is 4.52 Å². The van der Waals surface area contributed by atoms with Crippen molar-refractivity contribution in [2.45, 2.75) is 58.4 Å². The summed E-state index contributed by atoms with van der Waals surface area (Å²) in [5.41, 5.74) is 2.15. The third kappa shape index (κ3) is 2.79. The maximum atomic E-state index is 4.31. The minimum absolute atomic E-state index is 0.581. The third-order valence-corrected chi connectivity index (χ3v) is 4.42. The minimum atomic E-state index is 0.581. The molecule has 0 amide bonds. The SMILES string of the molecule is CCCC1CCC(Nc2cc(C)cc3ncnn23)CC1. The van der Waals surface area contributed by atoms with Crippen LogP contribution in [0.15, 0.2) is 18.5 Å². The van der Waals surface area contributed by atoms with Crippen molar-refractivity contribution in [1.82, 2.24) is 14.6 Å². The van der Waals surface area contributed by atoms with E-state index < -0.39 is 0 Å². The fourth-order valence-electron chi connectivity index (χ4n) is 3.37. The lowest BCUT2D eigenvalue weighted by atomic mass is 9.83. The average Bonchev–Trinajstić information content (AvgIpc) is 2.89. The number of hydrogen-bond acceptors (Lipinski definition) is 3. The Kier molecular flexibility index (Phi) is 3.90. The van der Waals surface area contributed by atoms with Gasteiger partial charge >= 0.3 is 0 Å². The predicted molar refractivity (Wildman–Crippen MR) is 82.0 cm³/mol. The molecule has 4 heteroatoms. The molecule has 0 saturated heterocycles. The van der Waals surface area contributed by atoms with Crippen LogP contribution >= 0.6 is 0 Å². The summed E-state index contributed by atoms with van der Waals surface area (Å²) in [7, 11) is 0. The van der Waals surface area contributed by atoms with Crippen LogP contribution in [0.1, 0.15) is 51.0 Å². The second-order valence-electron chi connectivity index (χ2n) is 6.10. The van der Waals surface area contributed by atoms with Gasteiger partial charge < -0.3 is 5.32 Å². The number of pyridine rings is 1. The summed E-state index contributed by atoms with van der Waals surface area (Å²) in [5.74, 6) is 2.03. The molecule has 3 rings (SSSR count). The molecule has 1 aliphatic carbocycles. The fraction of sp³-hybridized carbons (Fsp3) is 0.625. The molecule has 1 fully saturated rings. The highest BCUT2D eigenvalue weighted by Gasteiger charge is 2.21. The van der Waals surface area contributed by atoms with E-state index in [-0.39, 0.29) is 0 Å². The van der Waals surface area contributed by atoms with E-state index in [1.165, 1.54) is 44.1 Å². The molecular formula is C16H24N4. The predicted octanol–water partition coefficient (Wildman–Crippen LogP) is 3.81. The Morgan fingerprint density at radius 2 is 2.05 bits per heavy atom. The molecule has 0 aromatic carbocycles. The van der Waals surface area contributed by atoms with Gasteiger partial charge in [-0.3, -0.25) is 0 Å². The number of rotatable bonds is 4. The molecule has 0 atom stereocenters. The van der Waals surface area contributed by atoms with E-state index in [4.69, 9.17) is 0 Å². The highest BCUT2D eigenvalue weighted by atomic mass is 15.3. The Hall–Kier alpha value is -1.58. The second-order valence-corrected chi connectivity index (χ2v) is 6.10. The Bertz CT molecular complexity index is 567. The minimum Gasteiger partial charge on any atom is -0.367 e. The van der Waals surface area contributed by atoms with Crippen LogP contribution in [0.2, 0.25) is 0 Å². The zero-order valence-electron chi connectivity index (χ0n) is 12.5. The number of nitrogens with zero attached hydrogens (tertiary/aromatic N) is 3. The first-order chi connectivity index (χ1) is 9.76. The van der Waals surface area contributed by atoms with Crippen molar-refractivity contribution < 1.29 is 0 Å². The first-order valence-electron chi connectivity index (χ1n) is 7.83. The van der Waals surface area contributed by atoms with Crippen LogP contribution in [-0.4, -0.2) is 20.6 Å². The van der Waals surface area contributed by atoms with Gasteiger partial charge in [0.2, 0.25) is 0 Å². The monoisotopic (exact) mass is 272 g/mol. The van der Waals surface area contributed by atoms with Gasteiger partial charge in [0.25, 0.3) is 0 Å². The normalized spacial score (nSPS) is 23.1. The van der Waals surface area contributed by atoms with Crippen molar-refractivity contribution in [3.05, 3.63) is 24.0 Å². The van der Waals surface area contributed by atoms with Crippen LogP contribution in [-0.2, 0) is 0 Å². The van der Waals surface area contributed by atoms with Gasteiger partial charge in [0.05, 0.1) is 0 Å². The topological polar surface area (TPSA) is 42.2 Å². The number of nitrogens with one attached hydrogen (secondary N) is 1. The van der Waals surface area contributed by atoms with E-state index in [9.17, 15) is 0 Å². The molecule has 20 heavy (non-hydrogen) atoms. The van der Waals surface area contributed by atoms with E-state index in [0.717, 1.165) is 17.4 Å². The van der Waals surface area contributed by atoms with Gasteiger partial charge in [-0.25, -0.2) is 4.98 Å². The number of aromatic nitrogens is 3. The molecule has 4 nitrogen and oxygen atoms in total. The van der Waals surface area contributed by atoms with Crippen LogP contribution in [0, 0.1) is 12.8 Å². The Morgan fingerprint density at radius 1 is 1.25 bits per heavy atom. The lowest BCUT2D eigenvalue weighted by Crippen LogP contribution is -2.27. The van der Waals surface area contributed by atoms with E-state index in [1.54, 1.807) is 6.33 Å². The quantitative estimate of drug-likeness (QED) is 0.920. The smallest absolute Gasteiger partial charge is 0.157 e. The van der Waals surface area contributed by atoms with Crippen molar-refractivity contribution in [3.63, 3.8) is 0 Å². The van der Waals surface area contributed by atoms with Crippen LogP contribution in [0.3, 0.4) is 0 Å². The lowest BCUT2D eigenvalue weighted by Gasteiger charge is -2.29. The van der Waals surface area contributed by atoms with Gasteiger partial charge in [-0.1, -0.05) is 19.8 Å². The summed E-state index contributed by atoms with van der Waals surface area (Å²) in [5, 5.41) is 7.99. The van der Waals surface area contributed by atoms with E-state index in [2.05, 4.69) is 41.4 Å². The van der Waals surface area contributed by atoms with Gasteiger partial charge in [-0.15, -0.1) is 0 Å². The van der Waals surface area contributed by atoms with Crippen molar-refractivity contribution in [1.29, 1.82) is 0 Å². The number of anilines is 1. The van der Waals surface area contributed by atoms with Gasteiger partial charge in [0.1, 0.15) is 12.1 Å². The number of hydrogen-bond donors (Lipinski definition) is 1. The highest BCUT2D eigenvalue weighted by Crippen LogP contribution is 2.29. The summed E-state index contributed by atoms with van der Waals surface area (Å²) in [6.07, 6.45) is 9.60. The maximum Gasteiger partial charge on any atom is 0.157 e. The molecule has 0 unspecified atom stereocenters. The number of aryl methyl sites for hydroxylation is 1. The molecule has 2 aromatic rings. The molecule has 2 aromatic heterocycles. The van der Waals surface area contributed by atoms with Gasteiger partial charge in [-0.2, -0.15) is 9.61 Å². The Labute approximate surface area is 120 Å². The number of fused-ring (bicyclic) bond motifs is 1. The zero-order chi connectivity index (χ0) is 13.9. The molecule has 1 N–H and O–H groups in total. The maximum absolute atomic E-state index is 4.31. The van der Waals surface area contributed by atoms with Gasteiger partial charge in [-0.05, 0) is 56.2 Å². The van der Waals surface area contributed by atoms with Crippen LogP contribution in [0.4, 0.5) is 5.82 Å². The van der Waals surface area contributed by atoms with E-state index >= 15 is 0 Å². The summed E-state index contributed by atoms with van der Waals surface area (Å²) >= 11 is 0. The van der Waals surface area contributed by atoms with Gasteiger partial charge in [0, 0.05) is 6.04 Å². The average molecular weight is 272 g/mol. The molecule has 1 aliphatic rings. The fourth-order valence-corrected chi connectivity index (χ4v) is 3.37. The molecule has 2 heterocycles. The van der Waals surface area contributed by atoms with Gasteiger partial charge in [0.15, 0.2) is 5.65 Å². The first-order valence-corrected chi connectivity index (χ1v) is 7.83. The van der Waals surface area contributed by atoms with E-state index in [0.29, 0.717) is 6.04 Å². The zero-order valence-corrected chi connectivity index (χ0v) is 12.5. The summed E-state index contributed by atoms with van der Waals surface area (Å²) < 4.78 is 1.91. The molecule has 0 radical (unpaired) electrons. The molecule has 0 spiro atoms. The van der Waals surface area contributed by atoms with Crippen molar-refractivity contribution in [3.8, 4) is 0 Å². The molecule has 1 saturated carbocycles. The first kappa shape index (κ1) is 13.4. The molecular weight excluding hydrogens is 248 g/mol.